The SMILES string of the molecule is CCc1ccc(N(CCCC(=O)NC2CCCC2)S(C)(=O)=O)cc1. The molecule has 0 radical (unpaired) electrons. The van der Waals surface area contributed by atoms with Crippen molar-refractivity contribution < 1.29 is 13.2 Å². The molecule has 0 heterocycles. The number of aryl methyl sites for hydroxylation is 1. The summed E-state index contributed by atoms with van der Waals surface area (Å²) >= 11 is 0. The van der Waals surface area contributed by atoms with Crippen molar-refractivity contribution in [1.29, 1.82) is 0 Å². The molecule has 1 saturated carbocycles. The molecule has 1 aliphatic carbocycles. The molecule has 1 amide bonds. The van der Waals surface area contributed by atoms with Gasteiger partial charge in [-0.2, -0.15) is 0 Å². The fourth-order valence-electron chi connectivity index (χ4n) is 3.14. The highest BCUT2D eigenvalue weighted by Gasteiger charge is 2.19. The Hall–Kier alpha value is -1.56. The first-order chi connectivity index (χ1) is 11.4. The monoisotopic (exact) mass is 352 g/mol. The maximum atomic E-state index is 12.1. The van der Waals surface area contributed by atoms with Crippen molar-refractivity contribution >= 4 is 21.6 Å². The largest absolute Gasteiger partial charge is 0.353 e. The van der Waals surface area contributed by atoms with Crippen molar-refractivity contribution in [3.05, 3.63) is 29.8 Å². The summed E-state index contributed by atoms with van der Waals surface area (Å²) in [4.78, 5) is 12.0. The molecular formula is C18H28N2O3S. The molecular weight excluding hydrogens is 324 g/mol. The van der Waals surface area contributed by atoms with Crippen LogP contribution in [0.15, 0.2) is 24.3 Å². The van der Waals surface area contributed by atoms with Gasteiger partial charge in [-0.3, -0.25) is 9.10 Å². The van der Waals surface area contributed by atoms with Gasteiger partial charge >= 0.3 is 0 Å². The number of hydrogen-bond acceptors (Lipinski definition) is 3. The van der Waals surface area contributed by atoms with Crippen LogP contribution in [0.25, 0.3) is 0 Å². The van der Waals surface area contributed by atoms with Crippen LogP contribution >= 0.6 is 0 Å². The third kappa shape index (κ3) is 5.51. The summed E-state index contributed by atoms with van der Waals surface area (Å²) in [7, 11) is -3.36. The standard InChI is InChI=1S/C18H28N2O3S/c1-3-15-10-12-17(13-11-15)20(24(2,22)23)14-6-9-18(21)19-16-7-4-5-8-16/h10-13,16H,3-9,14H2,1-2H3,(H,19,21). The van der Waals surface area contributed by atoms with Gasteiger partial charge in [0.1, 0.15) is 0 Å². The second-order valence-electron chi connectivity index (χ2n) is 6.51. The Morgan fingerprint density at radius 2 is 1.83 bits per heavy atom. The van der Waals surface area contributed by atoms with Crippen LogP contribution < -0.4 is 9.62 Å². The summed E-state index contributed by atoms with van der Waals surface area (Å²) in [5.74, 6) is 0.0247. The van der Waals surface area contributed by atoms with Gasteiger partial charge in [-0.05, 0) is 43.4 Å². The molecule has 0 saturated heterocycles. The summed E-state index contributed by atoms with van der Waals surface area (Å²) in [6.45, 7) is 2.38. The quantitative estimate of drug-likeness (QED) is 0.782. The second-order valence-corrected chi connectivity index (χ2v) is 8.41. The Morgan fingerprint density at radius 3 is 2.38 bits per heavy atom. The van der Waals surface area contributed by atoms with E-state index >= 15 is 0 Å². The topological polar surface area (TPSA) is 66.5 Å². The molecule has 1 aromatic carbocycles. The minimum absolute atomic E-state index is 0.0247. The first-order valence-corrected chi connectivity index (χ1v) is 10.6. The van der Waals surface area contributed by atoms with Gasteiger partial charge in [-0.25, -0.2) is 8.42 Å². The molecule has 1 fully saturated rings. The van der Waals surface area contributed by atoms with Crippen molar-refractivity contribution in [2.75, 3.05) is 17.1 Å². The molecule has 24 heavy (non-hydrogen) atoms. The van der Waals surface area contributed by atoms with Crippen LogP contribution in [0.4, 0.5) is 5.69 Å². The van der Waals surface area contributed by atoms with Gasteiger partial charge in [0.2, 0.25) is 15.9 Å². The minimum Gasteiger partial charge on any atom is -0.353 e. The predicted molar refractivity (Wildman–Crippen MR) is 97.6 cm³/mol. The van der Waals surface area contributed by atoms with Crippen LogP contribution in [0.3, 0.4) is 0 Å². The van der Waals surface area contributed by atoms with E-state index in [-0.39, 0.29) is 5.91 Å². The lowest BCUT2D eigenvalue weighted by Gasteiger charge is -2.22. The van der Waals surface area contributed by atoms with E-state index in [1.807, 2.05) is 24.3 Å². The van der Waals surface area contributed by atoms with Crippen molar-refractivity contribution in [2.24, 2.45) is 0 Å². The number of benzene rings is 1. The highest BCUT2D eigenvalue weighted by Crippen LogP contribution is 2.20. The van der Waals surface area contributed by atoms with Gasteiger partial charge in [0.15, 0.2) is 0 Å². The lowest BCUT2D eigenvalue weighted by molar-refractivity contribution is -0.121. The molecule has 134 valence electrons. The van der Waals surface area contributed by atoms with E-state index in [4.69, 9.17) is 0 Å². The van der Waals surface area contributed by atoms with Crippen molar-refractivity contribution in [1.82, 2.24) is 5.32 Å². The summed E-state index contributed by atoms with van der Waals surface area (Å²) in [5.41, 5.74) is 1.83. The van der Waals surface area contributed by atoms with Crippen LogP contribution in [-0.4, -0.2) is 33.2 Å². The van der Waals surface area contributed by atoms with E-state index in [9.17, 15) is 13.2 Å². The molecule has 0 unspecified atom stereocenters. The van der Waals surface area contributed by atoms with E-state index in [1.165, 1.54) is 29.0 Å². The van der Waals surface area contributed by atoms with Crippen molar-refractivity contribution in [2.45, 2.75) is 57.9 Å². The van der Waals surface area contributed by atoms with E-state index in [0.29, 0.717) is 31.1 Å². The van der Waals surface area contributed by atoms with Gasteiger partial charge < -0.3 is 5.32 Å². The molecule has 1 aromatic rings. The fourth-order valence-corrected chi connectivity index (χ4v) is 4.10. The zero-order chi connectivity index (χ0) is 17.6. The number of carbonyl (C=O) groups excluding carboxylic acids is 1. The molecule has 0 spiro atoms. The average molecular weight is 352 g/mol. The predicted octanol–water partition coefficient (Wildman–Crippen LogP) is 2.85. The van der Waals surface area contributed by atoms with E-state index in [1.54, 1.807) is 0 Å². The Kier molecular flexibility index (Phi) is 6.66. The van der Waals surface area contributed by atoms with Crippen LogP contribution in [0.1, 0.15) is 51.0 Å². The zero-order valence-electron chi connectivity index (χ0n) is 14.6. The number of amides is 1. The van der Waals surface area contributed by atoms with Crippen LogP contribution in [-0.2, 0) is 21.2 Å². The average Bonchev–Trinajstić information content (AvgIpc) is 3.03. The summed E-state index contributed by atoms with van der Waals surface area (Å²) in [6, 6.07) is 7.86. The third-order valence-electron chi connectivity index (χ3n) is 4.52. The molecule has 0 atom stereocenters. The summed E-state index contributed by atoms with van der Waals surface area (Å²) in [5, 5.41) is 3.04. The molecule has 5 nitrogen and oxygen atoms in total. The highest BCUT2D eigenvalue weighted by molar-refractivity contribution is 7.92. The number of rotatable bonds is 8. The summed E-state index contributed by atoms with van der Waals surface area (Å²) in [6.07, 6.45) is 7.48. The lowest BCUT2D eigenvalue weighted by Crippen LogP contribution is -2.34. The highest BCUT2D eigenvalue weighted by atomic mass is 32.2. The maximum absolute atomic E-state index is 12.1. The van der Waals surface area contributed by atoms with Gasteiger partial charge in [0.05, 0.1) is 11.9 Å². The van der Waals surface area contributed by atoms with Gasteiger partial charge in [0.25, 0.3) is 0 Å². The molecule has 1 aliphatic rings. The van der Waals surface area contributed by atoms with Crippen LogP contribution in [0.5, 0.6) is 0 Å². The molecule has 0 aromatic heterocycles. The van der Waals surface area contributed by atoms with Crippen molar-refractivity contribution in [3.63, 3.8) is 0 Å². The van der Waals surface area contributed by atoms with E-state index in [0.717, 1.165) is 19.3 Å². The van der Waals surface area contributed by atoms with Crippen LogP contribution in [0.2, 0.25) is 0 Å². The minimum atomic E-state index is -3.36. The summed E-state index contributed by atoms with van der Waals surface area (Å²) < 4.78 is 25.5. The fraction of sp³-hybridized carbons (Fsp3) is 0.611. The van der Waals surface area contributed by atoms with Gasteiger partial charge in [0, 0.05) is 19.0 Å². The Labute approximate surface area is 145 Å². The number of nitrogens with zero attached hydrogens (tertiary/aromatic N) is 1. The van der Waals surface area contributed by atoms with Gasteiger partial charge in [-0.1, -0.05) is 31.9 Å². The van der Waals surface area contributed by atoms with Crippen LogP contribution in [0, 0.1) is 0 Å². The third-order valence-corrected chi connectivity index (χ3v) is 5.71. The number of anilines is 1. The first-order valence-electron chi connectivity index (χ1n) is 8.76. The normalized spacial score (nSPS) is 15.4. The molecule has 0 aliphatic heterocycles. The molecule has 2 rings (SSSR count). The number of carbonyl (C=O) groups is 1. The number of nitrogens with one attached hydrogen (secondary N) is 1. The lowest BCUT2D eigenvalue weighted by atomic mass is 10.1. The van der Waals surface area contributed by atoms with Gasteiger partial charge in [-0.15, -0.1) is 0 Å². The zero-order valence-corrected chi connectivity index (χ0v) is 15.4. The smallest absolute Gasteiger partial charge is 0.232 e. The second kappa shape index (κ2) is 8.51. The maximum Gasteiger partial charge on any atom is 0.232 e. The van der Waals surface area contributed by atoms with Crippen molar-refractivity contribution in [3.8, 4) is 0 Å². The van der Waals surface area contributed by atoms with E-state index in [2.05, 4.69) is 12.2 Å². The first kappa shape index (κ1) is 18.8. The van der Waals surface area contributed by atoms with E-state index < -0.39 is 10.0 Å². The Balaban J connectivity index is 1.90. The molecule has 0 bridgehead atoms. The molecule has 6 heteroatoms. The Morgan fingerprint density at radius 1 is 1.21 bits per heavy atom. The Bertz CT molecular complexity index is 635. The number of hydrogen-bond donors (Lipinski definition) is 1. The molecule has 1 N–H and O–H groups in total. The number of sulfonamides is 1.